The van der Waals surface area contributed by atoms with Crippen LogP contribution in [0, 0.1) is 12.7 Å². The molecule has 3 aromatic rings. The van der Waals surface area contributed by atoms with Crippen molar-refractivity contribution in [1.82, 2.24) is 15.8 Å². The van der Waals surface area contributed by atoms with Crippen molar-refractivity contribution in [2.75, 3.05) is 0 Å². The van der Waals surface area contributed by atoms with Gasteiger partial charge >= 0.3 is 0 Å². The van der Waals surface area contributed by atoms with Crippen LogP contribution in [-0.2, 0) is 0 Å². The number of hydrazine groups is 1. The number of nitrogens with one attached hydrogen (secondary N) is 2. The number of rotatable bonds is 3. The summed E-state index contributed by atoms with van der Waals surface area (Å²) in [5.41, 5.74) is 5.88. The molecule has 8 heteroatoms. The summed E-state index contributed by atoms with van der Waals surface area (Å²) < 4.78 is 13.5. The minimum atomic E-state index is -0.721. The number of amides is 2. The number of nitrogens with zero attached hydrogens (tertiary/aromatic N) is 1. The second-order valence-corrected chi connectivity index (χ2v) is 6.61. The number of thiazole rings is 1. The molecule has 1 aromatic carbocycles. The van der Waals surface area contributed by atoms with Crippen molar-refractivity contribution in [3.63, 3.8) is 0 Å². The van der Waals surface area contributed by atoms with E-state index >= 15 is 0 Å². The van der Waals surface area contributed by atoms with Crippen LogP contribution < -0.4 is 10.9 Å². The number of carbonyl (C=O) groups is 2. The molecule has 0 aliphatic heterocycles. The van der Waals surface area contributed by atoms with Crippen LogP contribution in [0.1, 0.15) is 25.7 Å². The van der Waals surface area contributed by atoms with E-state index in [2.05, 4.69) is 15.8 Å². The van der Waals surface area contributed by atoms with Crippen LogP contribution in [-0.4, -0.2) is 16.8 Å². The lowest BCUT2D eigenvalue weighted by atomic mass is 10.2. The number of benzene rings is 1. The Kier molecular flexibility index (Phi) is 4.68. The maximum atomic E-state index is 13.5. The summed E-state index contributed by atoms with van der Waals surface area (Å²) in [7, 11) is 0. The predicted molar refractivity (Wildman–Crippen MR) is 91.5 cm³/mol. The number of aryl methyl sites for hydroxylation is 1. The van der Waals surface area contributed by atoms with Gasteiger partial charge in [0, 0.05) is 10.9 Å². The minimum absolute atomic E-state index is 0.141. The fraction of sp³-hybridized carbons (Fsp3) is 0.0625. The maximum absolute atomic E-state index is 13.5. The van der Waals surface area contributed by atoms with Gasteiger partial charge in [0.2, 0.25) is 0 Å². The Hall–Kier alpha value is -2.58. The topological polar surface area (TPSA) is 71.1 Å². The Morgan fingerprint density at radius 2 is 1.88 bits per heavy atom. The highest BCUT2D eigenvalue weighted by atomic mass is 32.1. The molecule has 122 valence electrons. The molecule has 2 amide bonds. The number of hydrogen-bond acceptors (Lipinski definition) is 5. The molecule has 2 aromatic heterocycles. The molecule has 5 nitrogen and oxygen atoms in total. The standard InChI is InChI=1S/C16H12FN3O2S2/c1-9-13(24-16(18-9)10-6-7-23-8-10)15(22)20-19-14(21)11-4-2-3-5-12(11)17/h2-8H,1H3,(H,19,21)(H,20,22). The molecule has 0 radical (unpaired) electrons. The third-order valence-corrected chi connectivity index (χ3v) is 5.07. The predicted octanol–water partition coefficient (Wildman–Crippen LogP) is 3.39. The van der Waals surface area contributed by atoms with Crippen LogP contribution >= 0.6 is 22.7 Å². The van der Waals surface area contributed by atoms with Crippen molar-refractivity contribution in [2.45, 2.75) is 6.92 Å². The molecule has 0 saturated heterocycles. The lowest BCUT2D eigenvalue weighted by Gasteiger charge is -2.07. The van der Waals surface area contributed by atoms with Crippen LogP contribution in [0.4, 0.5) is 4.39 Å². The molecule has 0 bridgehead atoms. The van der Waals surface area contributed by atoms with Crippen LogP contribution in [0.25, 0.3) is 10.6 Å². The first-order chi connectivity index (χ1) is 11.6. The lowest BCUT2D eigenvalue weighted by Crippen LogP contribution is -2.41. The Labute approximate surface area is 145 Å². The molecule has 0 spiro atoms. The molecule has 24 heavy (non-hydrogen) atoms. The van der Waals surface area contributed by atoms with Gasteiger partial charge in [0.15, 0.2) is 0 Å². The monoisotopic (exact) mass is 361 g/mol. The summed E-state index contributed by atoms with van der Waals surface area (Å²) in [4.78, 5) is 28.9. The van der Waals surface area contributed by atoms with E-state index in [-0.39, 0.29) is 5.56 Å². The highest BCUT2D eigenvalue weighted by molar-refractivity contribution is 7.17. The first-order valence-electron chi connectivity index (χ1n) is 6.91. The first kappa shape index (κ1) is 16.3. The van der Waals surface area contributed by atoms with Crippen molar-refractivity contribution in [2.24, 2.45) is 0 Å². The van der Waals surface area contributed by atoms with Crippen LogP contribution in [0.5, 0.6) is 0 Å². The quantitative estimate of drug-likeness (QED) is 0.703. The van der Waals surface area contributed by atoms with Crippen molar-refractivity contribution in [3.05, 3.63) is 63.0 Å². The fourth-order valence-corrected chi connectivity index (χ4v) is 3.67. The van der Waals surface area contributed by atoms with E-state index in [1.54, 1.807) is 24.3 Å². The van der Waals surface area contributed by atoms with Crippen molar-refractivity contribution in [3.8, 4) is 10.6 Å². The Morgan fingerprint density at radius 1 is 1.12 bits per heavy atom. The number of carbonyl (C=O) groups excluding carboxylic acids is 2. The zero-order valence-electron chi connectivity index (χ0n) is 12.5. The number of thiophene rings is 1. The number of aromatic nitrogens is 1. The minimum Gasteiger partial charge on any atom is -0.267 e. The van der Waals surface area contributed by atoms with E-state index in [9.17, 15) is 14.0 Å². The summed E-state index contributed by atoms with van der Waals surface area (Å²) in [6.45, 7) is 1.72. The van der Waals surface area contributed by atoms with Gasteiger partial charge in [-0.3, -0.25) is 20.4 Å². The van der Waals surface area contributed by atoms with Gasteiger partial charge in [-0.1, -0.05) is 12.1 Å². The van der Waals surface area contributed by atoms with Crippen LogP contribution in [0.3, 0.4) is 0 Å². The molecule has 2 N–H and O–H groups in total. The van der Waals surface area contributed by atoms with Crippen LogP contribution in [0.2, 0.25) is 0 Å². The summed E-state index contributed by atoms with van der Waals surface area (Å²) in [6.07, 6.45) is 0. The van der Waals surface area contributed by atoms with Gasteiger partial charge in [0.1, 0.15) is 15.7 Å². The second kappa shape index (κ2) is 6.90. The van der Waals surface area contributed by atoms with E-state index in [0.717, 1.165) is 10.6 Å². The summed E-state index contributed by atoms with van der Waals surface area (Å²) in [6, 6.07) is 7.46. The summed E-state index contributed by atoms with van der Waals surface area (Å²) in [5.74, 6) is -1.86. The molecule has 0 aliphatic carbocycles. The van der Waals surface area contributed by atoms with Crippen molar-refractivity contribution >= 4 is 34.5 Å². The third-order valence-electron chi connectivity index (χ3n) is 3.18. The normalized spacial score (nSPS) is 10.4. The van der Waals surface area contributed by atoms with Gasteiger partial charge in [-0.15, -0.1) is 11.3 Å². The smallest absolute Gasteiger partial charge is 0.267 e. The Bertz CT molecular complexity index is 891. The van der Waals surface area contributed by atoms with E-state index in [0.29, 0.717) is 10.6 Å². The van der Waals surface area contributed by atoms with Gasteiger partial charge in [-0.25, -0.2) is 9.37 Å². The van der Waals surface area contributed by atoms with E-state index < -0.39 is 17.6 Å². The average molecular weight is 361 g/mol. The third kappa shape index (κ3) is 3.34. The zero-order chi connectivity index (χ0) is 17.1. The largest absolute Gasteiger partial charge is 0.281 e. The molecule has 0 atom stereocenters. The van der Waals surface area contributed by atoms with E-state index in [4.69, 9.17) is 0 Å². The second-order valence-electron chi connectivity index (χ2n) is 4.83. The molecule has 0 saturated carbocycles. The molecular formula is C16H12FN3O2S2. The summed E-state index contributed by atoms with van der Waals surface area (Å²) >= 11 is 2.78. The van der Waals surface area contributed by atoms with Crippen molar-refractivity contribution < 1.29 is 14.0 Å². The highest BCUT2D eigenvalue weighted by Crippen LogP contribution is 2.29. The Morgan fingerprint density at radius 3 is 2.58 bits per heavy atom. The van der Waals surface area contributed by atoms with Gasteiger partial charge in [0.25, 0.3) is 11.8 Å². The van der Waals surface area contributed by atoms with Crippen molar-refractivity contribution in [1.29, 1.82) is 0 Å². The number of halogens is 1. The zero-order valence-corrected chi connectivity index (χ0v) is 14.1. The number of hydrogen-bond donors (Lipinski definition) is 2. The molecule has 2 heterocycles. The lowest BCUT2D eigenvalue weighted by molar-refractivity contribution is 0.0846. The van der Waals surface area contributed by atoms with Gasteiger partial charge < -0.3 is 0 Å². The van der Waals surface area contributed by atoms with Crippen LogP contribution in [0.15, 0.2) is 41.1 Å². The molecule has 0 aliphatic rings. The Balaban J connectivity index is 1.70. The fourth-order valence-electron chi connectivity index (χ4n) is 2.00. The average Bonchev–Trinajstić information content (AvgIpc) is 3.22. The molecule has 0 unspecified atom stereocenters. The van der Waals surface area contributed by atoms with E-state index in [1.807, 2.05) is 16.8 Å². The van der Waals surface area contributed by atoms with Gasteiger partial charge in [0.05, 0.1) is 11.3 Å². The maximum Gasteiger partial charge on any atom is 0.281 e. The molecular weight excluding hydrogens is 349 g/mol. The van der Waals surface area contributed by atoms with Gasteiger partial charge in [-0.2, -0.15) is 11.3 Å². The summed E-state index contributed by atoms with van der Waals surface area (Å²) in [5, 5.41) is 4.61. The SMILES string of the molecule is Cc1nc(-c2ccsc2)sc1C(=O)NNC(=O)c1ccccc1F. The first-order valence-corrected chi connectivity index (χ1v) is 8.67. The molecule has 3 rings (SSSR count). The van der Waals surface area contributed by atoms with Gasteiger partial charge in [-0.05, 0) is 30.5 Å². The molecule has 0 fully saturated rings. The van der Waals surface area contributed by atoms with E-state index in [1.165, 1.54) is 29.5 Å². The highest BCUT2D eigenvalue weighted by Gasteiger charge is 2.18.